The van der Waals surface area contributed by atoms with Gasteiger partial charge in [0, 0.05) is 16.9 Å². The molecule has 9 heteroatoms. The molecule has 7 nitrogen and oxygen atoms in total. The number of anilines is 2. The number of hydrogen-bond acceptors (Lipinski definition) is 6. The van der Waals surface area contributed by atoms with E-state index in [2.05, 4.69) is 15.5 Å². The Morgan fingerprint density at radius 2 is 2.27 bits per heavy atom. The molecule has 0 saturated heterocycles. The smallest absolute Gasteiger partial charge is 0.267 e. The predicted molar refractivity (Wildman–Crippen MR) is 54.4 cm³/mol. The van der Waals surface area contributed by atoms with E-state index in [0.717, 1.165) is 0 Å². The lowest BCUT2D eigenvalue weighted by atomic mass is 10.4. The van der Waals surface area contributed by atoms with Gasteiger partial charge in [-0.15, -0.1) is 0 Å². The molecule has 1 aromatic heterocycles. The first-order valence-corrected chi connectivity index (χ1v) is 5.84. The highest BCUT2D eigenvalue weighted by Crippen LogP contribution is 2.19. The number of isocyanates is 1. The van der Waals surface area contributed by atoms with Gasteiger partial charge in [-0.05, 0) is 12.1 Å². The van der Waals surface area contributed by atoms with Crippen molar-refractivity contribution < 1.29 is 13.2 Å². The van der Waals surface area contributed by atoms with E-state index in [1.54, 1.807) is 0 Å². The summed E-state index contributed by atoms with van der Waals surface area (Å²) < 4.78 is 23.4. The molecule has 0 aliphatic carbocycles. The quantitative estimate of drug-likeness (QED) is 0.352. The summed E-state index contributed by atoms with van der Waals surface area (Å²) in [5, 5.41) is 3.04. The van der Waals surface area contributed by atoms with E-state index in [9.17, 15) is 13.2 Å². The fourth-order valence-electron chi connectivity index (χ4n) is 0.784. The maximum atomic E-state index is 10.7. The third-order valence-corrected chi connectivity index (χ3v) is 1.94. The summed E-state index contributed by atoms with van der Waals surface area (Å²) in [4.78, 5) is 13.6. The minimum absolute atomic E-state index is 0.0464. The highest BCUT2D eigenvalue weighted by Gasteiger charge is 2.09. The first-order chi connectivity index (χ1) is 7.03. The molecule has 80 valence electrons. The Kier molecular flexibility index (Phi) is 3.62. The van der Waals surface area contributed by atoms with Gasteiger partial charge in [-0.25, -0.2) is 15.2 Å². The van der Waals surface area contributed by atoms with Gasteiger partial charge in [0.05, 0.1) is 5.69 Å². The Morgan fingerprint density at radius 3 is 2.87 bits per heavy atom. The summed E-state index contributed by atoms with van der Waals surface area (Å²) in [5.41, 5.74) is 2.27. The van der Waals surface area contributed by atoms with Crippen molar-refractivity contribution in [2.24, 2.45) is 5.10 Å². The molecule has 0 saturated carbocycles. The first kappa shape index (κ1) is 11.4. The molecule has 2 N–H and O–H groups in total. The molecule has 0 aromatic carbocycles. The number of nitrogens with one attached hydrogen (secondary N) is 2. The van der Waals surface area contributed by atoms with Crippen LogP contribution < -0.4 is 10.1 Å². The molecule has 0 aliphatic rings. The summed E-state index contributed by atoms with van der Waals surface area (Å²) in [6.07, 6.45) is 2.60. The highest BCUT2D eigenvalue weighted by molar-refractivity contribution is 8.14. The normalized spacial score (nSPS) is 10.2. The van der Waals surface area contributed by atoms with E-state index in [1.807, 2.05) is 4.72 Å². The average Bonchev–Trinajstić information content (AvgIpc) is 2.14. The minimum atomic E-state index is -3.92. The molecule has 0 spiro atoms. The standard InChI is InChI=1S/C6H5ClN4O3S/c7-15(13,14)11-5-2-1-3-8-6(5)10-9-4-12/h1-3,11H,(H,8,10). The van der Waals surface area contributed by atoms with E-state index in [1.165, 1.54) is 24.4 Å². The van der Waals surface area contributed by atoms with E-state index in [0.29, 0.717) is 0 Å². The van der Waals surface area contributed by atoms with Crippen molar-refractivity contribution in [1.82, 2.24) is 4.98 Å². The van der Waals surface area contributed by atoms with Crippen LogP contribution in [-0.2, 0) is 14.0 Å². The van der Waals surface area contributed by atoms with Gasteiger partial charge in [-0.3, -0.25) is 4.72 Å². The van der Waals surface area contributed by atoms with Crippen molar-refractivity contribution in [2.75, 3.05) is 10.1 Å². The molecular weight excluding hydrogens is 244 g/mol. The number of halogens is 1. The summed E-state index contributed by atoms with van der Waals surface area (Å²) in [6.45, 7) is 0. The van der Waals surface area contributed by atoms with Crippen LogP contribution in [0.2, 0.25) is 0 Å². The molecule has 1 heterocycles. The average molecular weight is 249 g/mol. The number of aromatic nitrogens is 1. The van der Waals surface area contributed by atoms with Crippen LogP contribution in [0.25, 0.3) is 0 Å². The number of rotatable bonds is 4. The zero-order chi connectivity index (χ0) is 11.3. The lowest BCUT2D eigenvalue weighted by Gasteiger charge is -2.05. The predicted octanol–water partition coefficient (Wildman–Crippen LogP) is 0.640. The second-order valence-electron chi connectivity index (χ2n) is 2.25. The monoisotopic (exact) mass is 248 g/mol. The maximum absolute atomic E-state index is 10.7. The molecule has 1 rings (SSSR count). The van der Waals surface area contributed by atoms with Crippen LogP contribution in [0.3, 0.4) is 0 Å². The van der Waals surface area contributed by atoms with Crippen LogP contribution in [0, 0.1) is 0 Å². The van der Waals surface area contributed by atoms with Crippen molar-refractivity contribution in [3.63, 3.8) is 0 Å². The number of carbonyl (C=O) groups excluding carboxylic acids is 1. The first-order valence-electron chi connectivity index (χ1n) is 3.53. The molecule has 0 atom stereocenters. The zero-order valence-electron chi connectivity index (χ0n) is 7.14. The van der Waals surface area contributed by atoms with Gasteiger partial charge in [-0.1, -0.05) is 5.10 Å². The van der Waals surface area contributed by atoms with Crippen molar-refractivity contribution in [3.05, 3.63) is 18.3 Å². The summed E-state index contributed by atoms with van der Waals surface area (Å²) >= 11 is 0. The molecule has 0 bridgehead atoms. The lowest BCUT2D eigenvalue weighted by Crippen LogP contribution is -2.07. The molecule has 0 radical (unpaired) electrons. The van der Waals surface area contributed by atoms with Crippen LogP contribution in [0.1, 0.15) is 0 Å². The SMILES string of the molecule is O=C=NNc1ncccc1NS(=O)(=O)Cl. The van der Waals surface area contributed by atoms with Gasteiger partial charge in [0.2, 0.25) is 0 Å². The Balaban J connectivity index is 3.01. The number of pyridine rings is 1. The van der Waals surface area contributed by atoms with Gasteiger partial charge in [0.15, 0.2) is 5.82 Å². The van der Waals surface area contributed by atoms with Gasteiger partial charge in [-0.2, -0.15) is 8.42 Å². The summed E-state index contributed by atoms with van der Waals surface area (Å²) in [6, 6.07) is 2.88. The maximum Gasteiger partial charge on any atom is 0.319 e. The summed E-state index contributed by atoms with van der Waals surface area (Å²) in [7, 11) is 1.05. The zero-order valence-corrected chi connectivity index (χ0v) is 8.71. The van der Waals surface area contributed by atoms with Gasteiger partial charge >= 0.3 is 9.24 Å². The van der Waals surface area contributed by atoms with Crippen molar-refractivity contribution >= 4 is 37.5 Å². The molecule has 0 amide bonds. The largest absolute Gasteiger partial charge is 0.319 e. The summed E-state index contributed by atoms with van der Waals surface area (Å²) in [5.74, 6) is 0.0464. The molecule has 0 fully saturated rings. The van der Waals surface area contributed by atoms with Crippen molar-refractivity contribution in [2.45, 2.75) is 0 Å². The van der Waals surface area contributed by atoms with E-state index in [-0.39, 0.29) is 11.5 Å². The Hall–Kier alpha value is -1.63. The van der Waals surface area contributed by atoms with Crippen LogP contribution in [0.4, 0.5) is 11.5 Å². The van der Waals surface area contributed by atoms with Gasteiger partial charge in [0.1, 0.15) is 0 Å². The Morgan fingerprint density at radius 1 is 1.53 bits per heavy atom. The van der Waals surface area contributed by atoms with Crippen LogP contribution in [0.15, 0.2) is 23.4 Å². The van der Waals surface area contributed by atoms with Crippen LogP contribution >= 0.6 is 10.7 Å². The van der Waals surface area contributed by atoms with Crippen molar-refractivity contribution in [1.29, 1.82) is 0 Å². The lowest BCUT2D eigenvalue weighted by molar-refractivity contribution is 0.564. The molecule has 0 aliphatic heterocycles. The molecule has 1 aromatic rings. The molecule has 0 unspecified atom stereocenters. The number of hydrazone groups is 1. The number of hydrogen-bond donors (Lipinski definition) is 2. The third kappa shape index (κ3) is 3.94. The van der Waals surface area contributed by atoms with Crippen LogP contribution in [-0.4, -0.2) is 19.5 Å². The van der Waals surface area contributed by atoms with E-state index in [4.69, 9.17) is 10.7 Å². The fourth-order valence-corrected chi connectivity index (χ4v) is 1.46. The van der Waals surface area contributed by atoms with Crippen LogP contribution in [0.5, 0.6) is 0 Å². The van der Waals surface area contributed by atoms with Gasteiger partial charge in [0.25, 0.3) is 6.08 Å². The van der Waals surface area contributed by atoms with Crippen molar-refractivity contribution in [3.8, 4) is 0 Å². The molecule has 15 heavy (non-hydrogen) atoms. The number of nitrogens with zero attached hydrogens (tertiary/aromatic N) is 2. The second-order valence-corrected chi connectivity index (χ2v) is 4.55. The topological polar surface area (TPSA) is 101 Å². The third-order valence-electron chi connectivity index (χ3n) is 1.25. The molecular formula is C6H5ClN4O3S. The van der Waals surface area contributed by atoms with E-state index < -0.39 is 9.24 Å². The Bertz CT molecular complexity index is 497. The second kappa shape index (κ2) is 4.74. The fraction of sp³-hybridized carbons (Fsp3) is 0. The minimum Gasteiger partial charge on any atom is -0.267 e. The van der Waals surface area contributed by atoms with E-state index >= 15 is 0 Å². The highest BCUT2D eigenvalue weighted by atomic mass is 35.7. The van der Waals surface area contributed by atoms with Gasteiger partial charge < -0.3 is 0 Å². The Labute approximate surface area is 89.7 Å².